The number of hydrogen-bond acceptors (Lipinski definition) is 3. The van der Waals surface area contributed by atoms with Crippen LogP contribution in [0.3, 0.4) is 0 Å². The lowest BCUT2D eigenvalue weighted by atomic mass is 10.0. The maximum absolute atomic E-state index is 13.0. The molecule has 0 radical (unpaired) electrons. The van der Waals surface area contributed by atoms with Gasteiger partial charge >= 0.3 is 12.1 Å². The first-order chi connectivity index (χ1) is 11.2. The van der Waals surface area contributed by atoms with E-state index in [1.54, 1.807) is 0 Å². The molecule has 0 aromatic heterocycles. The van der Waals surface area contributed by atoms with Gasteiger partial charge in [0.25, 0.3) is 0 Å². The predicted molar refractivity (Wildman–Crippen MR) is 81.9 cm³/mol. The average molecular weight is 365 g/mol. The molecule has 24 heavy (non-hydrogen) atoms. The molecule has 1 aliphatic heterocycles. The van der Waals surface area contributed by atoms with Crippen molar-refractivity contribution in [2.24, 2.45) is 0 Å². The van der Waals surface area contributed by atoms with Crippen LogP contribution in [-0.4, -0.2) is 41.0 Å². The Balaban J connectivity index is 2.14. The van der Waals surface area contributed by atoms with Crippen molar-refractivity contribution >= 4 is 29.2 Å². The zero-order valence-electron chi connectivity index (χ0n) is 12.6. The van der Waals surface area contributed by atoms with Gasteiger partial charge in [0.05, 0.1) is 22.8 Å². The molecule has 5 nitrogen and oxygen atoms in total. The van der Waals surface area contributed by atoms with Gasteiger partial charge < -0.3 is 10.4 Å². The number of nitrogens with zero attached hydrogens (tertiary/aromatic N) is 1. The standard InChI is InChI=1S/C15H16ClF3N2O3/c16-10-5-3-4-9(15(17,18)19)13(10)20-12(22)8-21-7-2-1-6-11(21)14(23)24/h3-5,11H,1-2,6-8H2,(H,20,22)(H,23,24). The fraction of sp³-hybridized carbons (Fsp3) is 0.467. The van der Waals surface area contributed by atoms with Crippen molar-refractivity contribution in [3.05, 3.63) is 28.8 Å². The predicted octanol–water partition coefficient (Wildman–Crippen LogP) is 3.24. The van der Waals surface area contributed by atoms with Crippen LogP contribution in [0.2, 0.25) is 5.02 Å². The first-order valence-electron chi connectivity index (χ1n) is 7.32. The van der Waals surface area contributed by atoms with Gasteiger partial charge in [-0.1, -0.05) is 24.1 Å². The molecule has 1 aliphatic rings. The van der Waals surface area contributed by atoms with E-state index in [0.29, 0.717) is 13.0 Å². The molecule has 132 valence electrons. The van der Waals surface area contributed by atoms with E-state index in [1.165, 1.54) is 11.0 Å². The number of carboxylic acids is 1. The Bertz CT molecular complexity index is 637. The van der Waals surface area contributed by atoms with Gasteiger partial charge in [0.1, 0.15) is 6.04 Å². The van der Waals surface area contributed by atoms with E-state index < -0.39 is 35.3 Å². The van der Waals surface area contributed by atoms with E-state index in [-0.39, 0.29) is 11.6 Å². The summed E-state index contributed by atoms with van der Waals surface area (Å²) in [5.74, 6) is -1.78. The zero-order valence-corrected chi connectivity index (χ0v) is 13.3. The topological polar surface area (TPSA) is 69.6 Å². The summed E-state index contributed by atoms with van der Waals surface area (Å²) < 4.78 is 39.0. The van der Waals surface area contributed by atoms with Crippen molar-refractivity contribution in [3.8, 4) is 0 Å². The Hall–Kier alpha value is -1.80. The van der Waals surface area contributed by atoms with Gasteiger partial charge in [-0.05, 0) is 31.5 Å². The lowest BCUT2D eigenvalue weighted by molar-refractivity contribution is -0.145. The molecular weight excluding hydrogens is 349 g/mol. The molecule has 1 saturated heterocycles. The highest BCUT2D eigenvalue weighted by Gasteiger charge is 2.35. The Labute approximate surface area is 141 Å². The molecule has 9 heteroatoms. The van der Waals surface area contributed by atoms with Crippen molar-refractivity contribution in [1.29, 1.82) is 0 Å². The van der Waals surface area contributed by atoms with Gasteiger partial charge in [0.2, 0.25) is 5.91 Å². The summed E-state index contributed by atoms with van der Waals surface area (Å²) in [6.45, 7) is 0.0958. The second-order valence-corrected chi connectivity index (χ2v) is 5.94. The van der Waals surface area contributed by atoms with E-state index in [1.807, 2.05) is 0 Å². The number of hydrogen-bond donors (Lipinski definition) is 2. The van der Waals surface area contributed by atoms with Crippen LogP contribution in [0.4, 0.5) is 18.9 Å². The van der Waals surface area contributed by atoms with Crippen LogP contribution in [0.25, 0.3) is 0 Å². The molecular formula is C15H16ClF3N2O3. The van der Waals surface area contributed by atoms with Gasteiger partial charge in [0.15, 0.2) is 0 Å². The number of carboxylic acid groups (broad SMARTS) is 1. The number of rotatable bonds is 4. The minimum Gasteiger partial charge on any atom is -0.480 e. The maximum Gasteiger partial charge on any atom is 0.418 e. The van der Waals surface area contributed by atoms with E-state index in [9.17, 15) is 22.8 Å². The summed E-state index contributed by atoms with van der Waals surface area (Å²) in [7, 11) is 0. The highest BCUT2D eigenvalue weighted by atomic mass is 35.5. The van der Waals surface area contributed by atoms with E-state index in [2.05, 4.69) is 5.32 Å². The lowest BCUT2D eigenvalue weighted by Gasteiger charge is -2.32. The number of aliphatic carboxylic acids is 1. The Morgan fingerprint density at radius 3 is 2.67 bits per heavy atom. The lowest BCUT2D eigenvalue weighted by Crippen LogP contribution is -2.47. The van der Waals surface area contributed by atoms with E-state index in [0.717, 1.165) is 25.0 Å². The van der Waals surface area contributed by atoms with Crippen LogP contribution in [0.15, 0.2) is 18.2 Å². The monoisotopic (exact) mass is 364 g/mol. The van der Waals surface area contributed by atoms with Gasteiger partial charge in [-0.15, -0.1) is 0 Å². The highest BCUT2D eigenvalue weighted by Crippen LogP contribution is 2.38. The third-order valence-corrected chi connectivity index (χ3v) is 4.14. The second-order valence-electron chi connectivity index (χ2n) is 5.53. The molecule has 0 spiro atoms. The number of halogens is 4. The summed E-state index contributed by atoms with van der Waals surface area (Å²) in [5.41, 5.74) is -1.56. The molecule has 1 aromatic rings. The van der Waals surface area contributed by atoms with Crippen LogP contribution in [0.5, 0.6) is 0 Å². The third kappa shape index (κ3) is 4.39. The van der Waals surface area contributed by atoms with Crippen molar-refractivity contribution in [2.45, 2.75) is 31.5 Å². The van der Waals surface area contributed by atoms with Crippen molar-refractivity contribution in [1.82, 2.24) is 4.90 Å². The minimum absolute atomic E-state index is 0.230. The molecule has 1 unspecified atom stereocenters. The van der Waals surface area contributed by atoms with Crippen LogP contribution in [0, 0.1) is 0 Å². The van der Waals surface area contributed by atoms with Gasteiger partial charge in [-0.2, -0.15) is 13.2 Å². The summed E-state index contributed by atoms with van der Waals surface area (Å²) in [6.07, 6.45) is -2.79. The minimum atomic E-state index is -4.66. The molecule has 1 atom stereocenters. The summed E-state index contributed by atoms with van der Waals surface area (Å²) in [4.78, 5) is 24.8. The van der Waals surface area contributed by atoms with Crippen LogP contribution in [0.1, 0.15) is 24.8 Å². The van der Waals surface area contributed by atoms with Gasteiger partial charge in [-0.3, -0.25) is 14.5 Å². The fourth-order valence-electron chi connectivity index (χ4n) is 2.71. The summed E-state index contributed by atoms with van der Waals surface area (Å²) in [5, 5.41) is 11.1. The normalized spacial score (nSPS) is 19.1. The maximum atomic E-state index is 13.0. The first-order valence-corrected chi connectivity index (χ1v) is 7.70. The third-order valence-electron chi connectivity index (χ3n) is 3.83. The number of para-hydroxylation sites is 1. The average Bonchev–Trinajstić information content (AvgIpc) is 2.48. The first kappa shape index (κ1) is 18.5. The van der Waals surface area contributed by atoms with E-state index >= 15 is 0 Å². The van der Waals surface area contributed by atoms with Gasteiger partial charge in [0, 0.05) is 0 Å². The Morgan fingerprint density at radius 2 is 2.04 bits per heavy atom. The summed E-state index contributed by atoms with van der Waals surface area (Å²) in [6, 6.07) is 2.40. The van der Waals surface area contributed by atoms with Crippen molar-refractivity contribution < 1.29 is 27.9 Å². The largest absolute Gasteiger partial charge is 0.480 e. The number of piperidine rings is 1. The fourth-order valence-corrected chi connectivity index (χ4v) is 2.93. The number of anilines is 1. The Morgan fingerprint density at radius 1 is 1.33 bits per heavy atom. The van der Waals surface area contributed by atoms with Crippen LogP contribution < -0.4 is 5.32 Å². The molecule has 1 amide bonds. The van der Waals surface area contributed by atoms with Crippen molar-refractivity contribution in [3.63, 3.8) is 0 Å². The summed E-state index contributed by atoms with van der Waals surface area (Å²) >= 11 is 5.78. The Kier molecular flexibility index (Phi) is 5.71. The number of likely N-dealkylation sites (tertiary alicyclic amines) is 1. The van der Waals surface area contributed by atoms with Crippen LogP contribution >= 0.6 is 11.6 Å². The van der Waals surface area contributed by atoms with E-state index in [4.69, 9.17) is 16.7 Å². The molecule has 0 saturated carbocycles. The molecule has 2 N–H and O–H groups in total. The molecule has 1 fully saturated rings. The number of nitrogens with one attached hydrogen (secondary N) is 1. The number of benzene rings is 1. The number of carbonyl (C=O) groups is 2. The SMILES string of the molecule is O=C(CN1CCCCC1C(=O)O)Nc1c(Cl)cccc1C(F)(F)F. The zero-order chi connectivity index (χ0) is 17.9. The molecule has 1 heterocycles. The quantitative estimate of drug-likeness (QED) is 0.860. The molecule has 0 aliphatic carbocycles. The number of alkyl halides is 3. The number of amides is 1. The highest BCUT2D eigenvalue weighted by molar-refractivity contribution is 6.34. The number of carbonyl (C=O) groups excluding carboxylic acids is 1. The van der Waals surface area contributed by atoms with Crippen LogP contribution in [-0.2, 0) is 15.8 Å². The van der Waals surface area contributed by atoms with Gasteiger partial charge in [-0.25, -0.2) is 0 Å². The molecule has 2 rings (SSSR count). The smallest absolute Gasteiger partial charge is 0.418 e. The van der Waals surface area contributed by atoms with Crippen molar-refractivity contribution in [2.75, 3.05) is 18.4 Å². The molecule has 1 aromatic carbocycles. The second kappa shape index (κ2) is 7.40. The molecule has 0 bridgehead atoms.